The van der Waals surface area contributed by atoms with E-state index >= 15 is 0 Å². The van der Waals surface area contributed by atoms with Gasteiger partial charge >= 0.3 is 12.1 Å². The Kier molecular flexibility index (Phi) is 8.40. The van der Waals surface area contributed by atoms with Crippen molar-refractivity contribution in [1.82, 2.24) is 9.97 Å². The average molecular weight is 529 g/mol. The van der Waals surface area contributed by atoms with Gasteiger partial charge in [0.15, 0.2) is 11.5 Å². The highest BCUT2D eigenvalue weighted by molar-refractivity contribution is 5.87. The minimum atomic E-state index is -4.73. The molecule has 38 heavy (non-hydrogen) atoms. The van der Waals surface area contributed by atoms with Gasteiger partial charge in [0.2, 0.25) is 5.88 Å². The summed E-state index contributed by atoms with van der Waals surface area (Å²) >= 11 is 0. The van der Waals surface area contributed by atoms with Gasteiger partial charge in [-0.3, -0.25) is 4.79 Å². The Labute approximate surface area is 216 Å². The van der Waals surface area contributed by atoms with Crippen LogP contribution in [-0.2, 0) is 22.3 Å². The van der Waals surface area contributed by atoms with Crippen molar-refractivity contribution in [1.29, 1.82) is 0 Å². The fourth-order valence-corrected chi connectivity index (χ4v) is 3.63. The van der Waals surface area contributed by atoms with Crippen LogP contribution in [0.15, 0.2) is 66.7 Å². The minimum absolute atomic E-state index is 0.176. The van der Waals surface area contributed by atoms with Crippen molar-refractivity contribution < 1.29 is 36.6 Å². The summed E-state index contributed by atoms with van der Waals surface area (Å²) in [5.41, 5.74) is -0.633. The third kappa shape index (κ3) is 6.96. The minimum Gasteiger partial charge on any atom is -0.494 e. The van der Waals surface area contributed by atoms with Gasteiger partial charge in [0, 0.05) is 23.6 Å². The third-order valence-electron chi connectivity index (χ3n) is 5.50. The van der Waals surface area contributed by atoms with E-state index in [0.717, 1.165) is 10.8 Å². The number of benzene rings is 3. The van der Waals surface area contributed by atoms with E-state index in [0.29, 0.717) is 37.0 Å². The molecular formula is C28H24F4N2O4. The Morgan fingerprint density at radius 3 is 2.45 bits per heavy atom. The standard InChI is InChI=1S/C28H24F4N2O4/c1-2-36-26(35)8-5-13-37-22-12-11-18-14-20(10-9-19(18)15-22)27-33-24(28(30,31)32)16-25(34-27)38-17-21-6-3-4-7-23(21)29/h3-4,6-7,9-12,14-16H,2,5,8,13,17H2,1H3. The van der Waals surface area contributed by atoms with E-state index in [1.807, 2.05) is 0 Å². The van der Waals surface area contributed by atoms with E-state index in [4.69, 9.17) is 14.2 Å². The number of aromatic nitrogens is 2. The maximum atomic E-state index is 13.9. The molecule has 0 aliphatic rings. The number of halogens is 4. The van der Waals surface area contributed by atoms with Crippen molar-refractivity contribution in [3.63, 3.8) is 0 Å². The molecule has 1 aromatic heterocycles. The molecule has 0 aliphatic carbocycles. The normalized spacial score (nSPS) is 11.4. The Bertz CT molecular complexity index is 1430. The Balaban J connectivity index is 1.53. The molecule has 3 aromatic carbocycles. The van der Waals surface area contributed by atoms with Crippen molar-refractivity contribution in [2.45, 2.75) is 32.5 Å². The van der Waals surface area contributed by atoms with Crippen molar-refractivity contribution in [3.05, 3.63) is 83.8 Å². The average Bonchev–Trinajstić information content (AvgIpc) is 2.90. The largest absolute Gasteiger partial charge is 0.494 e. The lowest BCUT2D eigenvalue weighted by Gasteiger charge is -2.12. The lowest BCUT2D eigenvalue weighted by atomic mass is 10.1. The molecule has 0 unspecified atom stereocenters. The van der Waals surface area contributed by atoms with Crippen LogP contribution in [-0.4, -0.2) is 29.2 Å². The molecule has 0 fully saturated rings. The number of esters is 1. The smallest absolute Gasteiger partial charge is 0.433 e. The zero-order valence-corrected chi connectivity index (χ0v) is 20.4. The molecule has 0 aliphatic heterocycles. The summed E-state index contributed by atoms with van der Waals surface area (Å²) in [6.07, 6.45) is -3.97. The summed E-state index contributed by atoms with van der Waals surface area (Å²) in [6.45, 7) is 2.12. The molecule has 6 nitrogen and oxygen atoms in total. The van der Waals surface area contributed by atoms with Gasteiger partial charge in [0.05, 0.1) is 13.2 Å². The number of hydrogen-bond donors (Lipinski definition) is 0. The number of alkyl halides is 3. The molecule has 0 bridgehead atoms. The van der Waals surface area contributed by atoms with Gasteiger partial charge in [0.25, 0.3) is 0 Å². The number of carbonyl (C=O) groups is 1. The second kappa shape index (κ2) is 11.9. The SMILES string of the molecule is CCOC(=O)CCCOc1ccc2cc(-c3nc(OCc4ccccc4F)cc(C(F)(F)F)n3)ccc2c1. The summed E-state index contributed by atoms with van der Waals surface area (Å²) in [4.78, 5) is 19.3. The molecule has 0 amide bonds. The molecule has 0 atom stereocenters. The Hall–Kier alpha value is -4.21. The molecule has 198 valence electrons. The summed E-state index contributed by atoms with van der Waals surface area (Å²) in [5, 5.41) is 1.52. The van der Waals surface area contributed by atoms with Crippen LogP contribution in [0.4, 0.5) is 17.6 Å². The van der Waals surface area contributed by atoms with E-state index in [-0.39, 0.29) is 36.3 Å². The van der Waals surface area contributed by atoms with Crippen LogP contribution in [0.25, 0.3) is 22.2 Å². The molecule has 4 rings (SSSR count). The number of fused-ring (bicyclic) bond motifs is 1. The second-order valence-corrected chi connectivity index (χ2v) is 8.27. The monoisotopic (exact) mass is 528 g/mol. The molecular weight excluding hydrogens is 504 g/mol. The fourth-order valence-electron chi connectivity index (χ4n) is 3.63. The van der Waals surface area contributed by atoms with Gasteiger partial charge in [-0.05, 0) is 48.4 Å². The van der Waals surface area contributed by atoms with Gasteiger partial charge in [-0.25, -0.2) is 9.37 Å². The van der Waals surface area contributed by atoms with Gasteiger partial charge in [0.1, 0.15) is 18.2 Å². The highest BCUT2D eigenvalue weighted by Gasteiger charge is 2.34. The van der Waals surface area contributed by atoms with Gasteiger partial charge in [-0.1, -0.05) is 36.4 Å². The Morgan fingerprint density at radius 1 is 0.921 bits per heavy atom. The van der Waals surface area contributed by atoms with Gasteiger partial charge in [-0.15, -0.1) is 0 Å². The number of ether oxygens (including phenoxy) is 3. The van der Waals surface area contributed by atoms with Crippen LogP contribution in [0.1, 0.15) is 31.0 Å². The molecule has 4 aromatic rings. The number of hydrogen-bond acceptors (Lipinski definition) is 6. The quantitative estimate of drug-likeness (QED) is 0.129. The van der Waals surface area contributed by atoms with E-state index in [1.165, 1.54) is 18.2 Å². The predicted molar refractivity (Wildman–Crippen MR) is 132 cm³/mol. The number of carbonyl (C=O) groups excluding carboxylic acids is 1. The first-order valence-corrected chi connectivity index (χ1v) is 11.9. The van der Waals surface area contributed by atoms with Crippen LogP contribution in [0.3, 0.4) is 0 Å². The highest BCUT2D eigenvalue weighted by atomic mass is 19.4. The van der Waals surface area contributed by atoms with Crippen molar-refractivity contribution >= 4 is 16.7 Å². The summed E-state index contributed by atoms with van der Waals surface area (Å²) < 4.78 is 70.6. The molecule has 10 heteroatoms. The van der Waals surface area contributed by atoms with Crippen LogP contribution in [0, 0.1) is 5.82 Å². The van der Waals surface area contributed by atoms with E-state index in [2.05, 4.69) is 9.97 Å². The lowest BCUT2D eigenvalue weighted by molar-refractivity contribution is -0.143. The van der Waals surface area contributed by atoms with E-state index in [1.54, 1.807) is 49.4 Å². The van der Waals surface area contributed by atoms with Gasteiger partial charge < -0.3 is 14.2 Å². The van der Waals surface area contributed by atoms with Crippen LogP contribution < -0.4 is 9.47 Å². The summed E-state index contributed by atoms with van der Waals surface area (Å²) in [5.74, 6) is -0.718. The number of nitrogens with zero attached hydrogens (tertiary/aromatic N) is 2. The maximum absolute atomic E-state index is 13.9. The van der Waals surface area contributed by atoms with E-state index in [9.17, 15) is 22.4 Å². The highest BCUT2D eigenvalue weighted by Crippen LogP contribution is 2.33. The van der Waals surface area contributed by atoms with Crippen LogP contribution >= 0.6 is 0 Å². The molecule has 0 saturated carbocycles. The predicted octanol–water partition coefficient (Wildman–Crippen LogP) is 6.76. The zero-order valence-electron chi connectivity index (χ0n) is 20.4. The van der Waals surface area contributed by atoms with Crippen molar-refractivity contribution in [3.8, 4) is 23.0 Å². The molecule has 0 radical (unpaired) electrons. The van der Waals surface area contributed by atoms with Gasteiger partial charge in [-0.2, -0.15) is 18.2 Å². The van der Waals surface area contributed by atoms with Crippen LogP contribution in [0.2, 0.25) is 0 Å². The third-order valence-corrected chi connectivity index (χ3v) is 5.50. The number of rotatable bonds is 10. The van der Waals surface area contributed by atoms with Crippen LogP contribution in [0.5, 0.6) is 11.6 Å². The molecule has 0 spiro atoms. The Morgan fingerprint density at radius 2 is 1.68 bits per heavy atom. The van der Waals surface area contributed by atoms with E-state index < -0.39 is 17.7 Å². The summed E-state index contributed by atoms with van der Waals surface area (Å²) in [7, 11) is 0. The molecule has 1 heterocycles. The first-order valence-electron chi connectivity index (χ1n) is 11.9. The van der Waals surface area contributed by atoms with Crippen molar-refractivity contribution in [2.75, 3.05) is 13.2 Å². The lowest BCUT2D eigenvalue weighted by Crippen LogP contribution is -2.11. The zero-order chi connectivity index (χ0) is 27.1. The fraction of sp³-hybridized carbons (Fsp3) is 0.250. The molecule has 0 N–H and O–H groups in total. The first-order chi connectivity index (χ1) is 18.2. The summed E-state index contributed by atoms with van der Waals surface area (Å²) in [6, 6.07) is 16.8. The second-order valence-electron chi connectivity index (χ2n) is 8.27. The maximum Gasteiger partial charge on any atom is 0.433 e. The molecule has 0 saturated heterocycles. The van der Waals surface area contributed by atoms with Crippen molar-refractivity contribution in [2.24, 2.45) is 0 Å². The first kappa shape index (κ1) is 26.8. The topological polar surface area (TPSA) is 70.5 Å².